The summed E-state index contributed by atoms with van der Waals surface area (Å²) >= 11 is 13.2. The second kappa shape index (κ2) is 8.94. The van der Waals surface area contributed by atoms with Gasteiger partial charge in [-0.05, 0) is 49.4 Å². The lowest BCUT2D eigenvalue weighted by atomic mass is 10.2. The number of nitrogens with zero attached hydrogens (tertiary/aromatic N) is 1. The molecule has 2 atom stereocenters. The van der Waals surface area contributed by atoms with E-state index >= 15 is 0 Å². The first-order valence-electron chi connectivity index (χ1n) is 8.67. The third-order valence-corrected chi connectivity index (χ3v) is 5.77. The topological polar surface area (TPSA) is 75.7 Å². The van der Waals surface area contributed by atoms with Crippen molar-refractivity contribution < 1.29 is 19.1 Å². The molecule has 6 nitrogen and oxygen atoms in total. The zero-order valence-electron chi connectivity index (χ0n) is 15.0. The molecule has 3 rings (SSSR count). The molecule has 1 aromatic carbocycles. The van der Waals surface area contributed by atoms with Crippen LogP contribution in [0.15, 0.2) is 35.7 Å². The average molecular weight is 441 g/mol. The van der Waals surface area contributed by atoms with Crippen molar-refractivity contribution in [2.45, 2.75) is 31.9 Å². The maximum absolute atomic E-state index is 12.6. The van der Waals surface area contributed by atoms with Crippen LogP contribution >= 0.6 is 34.5 Å². The van der Waals surface area contributed by atoms with Gasteiger partial charge in [0.2, 0.25) is 0 Å². The van der Waals surface area contributed by atoms with Gasteiger partial charge in [-0.2, -0.15) is 0 Å². The predicted molar refractivity (Wildman–Crippen MR) is 109 cm³/mol. The number of thiophene rings is 1. The molecule has 1 aliphatic heterocycles. The quantitative estimate of drug-likeness (QED) is 0.705. The van der Waals surface area contributed by atoms with Crippen molar-refractivity contribution in [2.24, 2.45) is 0 Å². The van der Waals surface area contributed by atoms with Crippen molar-refractivity contribution in [2.75, 3.05) is 11.9 Å². The second-order valence-electron chi connectivity index (χ2n) is 6.33. The van der Waals surface area contributed by atoms with Crippen LogP contribution in [0.4, 0.5) is 5.69 Å². The highest BCUT2D eigenvalue weighted by atomic mass is 35.5. The van der Waals surface area contributed by atoms with Gasteiger partial charge in [-0.1, -0.05) is 29.3 Å². The maximum atomic E-state index is 12.6. The Kier molecular flexibility index (Phi) is 6.59. The molecule has 1 aromatic heterocycles. The lowest BCUT2D eigenvalue weighted by molar-refractivity contribution is -0.156. The molecule has 9 heteroatoms. The number of nitrogens with one attached hydrogen (secondary N) is 1. The minimum Gasteiger partial charge on any atom is -0.451 e. The van der Waals surface area contributed by atoms with Crippen LogP contribution in [0.1, 0.15) is 29.4 Å². The normalized spacial score (nSPS) is 17.2. The van der Waals surface area contributed by atoms with Gasteiger partial charge in [-0.3, -0.25) is 9.59 Å². The summed E-state index contributed by atoms with van der Waals surface area (Å²) in [7, 11) is 0. The summed E-state index contributed by atoms with van der Waals surface area (Å²) in [5.74, 6) is -1.31. The predicted octanol–water partition coefficient (Wildman–Crippen LogP) is 4.23. The summed E-state index contributed by atoms with van der Waals surface area (Å²) < 4.78 is 5.32. The maximum Gasteiger partial charge on any atom is 0.329 e. The number of esters is 1. The number of rotatable bonds is 5. The Morgan fingerprint density at radius 2 is 2.07 bits per heavy atom. The summed E-state index contributed by atoms with van der Waals surface area (Å²) in [6.45, 7) is 1.95. The highest BCUT2D eigenvalue weighted by Gasteiger charge is 2.37. The molecule has 0 bridgehead atoms. The van der Waals surface area contributed by atoms with Crippen molar-refractivity contribution in [1.29, 1.82) is 0 Å². The van der Waals surface area contributed by atoms with Gasteiger partial charge < -0.3 is 15.0 Å². The van der Waals surface area contributed by atoms with Crippen LogP contribution < -0.4 is 5.32 Å². The molecule has 1 aliphatic rings. The molecule has 0 aliphatic carbocycles. The number of benzene rings is 1. The molecule has 0 spiro atoms. The number of carbonyl (C=O) groups is 3. The van der Waals surface area contributed by atoms with Gasteiger partial charge in [-0.15, -0.1) is 11.3 Å². The lowest BCUT2D eigenvalue weighted by Crippen LogP contribution is -2.43. The molecule has 1 fully saturated rings. The van der Waals surface area contributed by atoms with E-state index in [0.717, 1.165) is 0 Å². The van der Waals surface area contributed by atoms with Crippen LogP contribution in [0.2, 0.25) is 10.0 Å². The highest BCUT2D eigenvalue weighted by molar-refractivity contribution is 7.12. The van der Waals surface area contributed by atoms with Gasteiger partial charge >= 0.3 is 5.97 Å². The number of amides is 2. The smallest absolute Gasteiger partial charge is 0.329 e. The van der Waals surface area contributed by atoms with Gasteiger partial charge in [-0.25, -0.2) is 4.79 Å². The second-order valence-corrected chi connectivity index (χ2v) is 8.12. The molecule has 0 radical (unpaired) electrons. The van der Waals surface area contributed by atoms with Crippen LogP contribution in [-0.4, -0.2) is 41.4 Å². The Hall–Kier alpha value is -2.09. The van der Waals surface area contributed by atoms with E-state index in [1.54, 1.807) is 24.3 Å². The van der Waals surface area contributed by atoms with Gasteiger partial charge in [0.1, 0.15) is 6.04 Å². The zero-order chi connectivity index (χ0) is 20.3. The number of halogens is 2. The van der Waals surface area contributed by atoms with E-state index < -0.39 is 24.0 Å². The molecule has 2 heterocycles. The van der Waals surface area contributed by atoms with Crippen LogP contribution in [0.25, 0.3) is 0 Å². The fourth-order valence-electron chi connectivity index (χ4n) is 2.93. The minimum absolute atomic E-state index is 0.195. The summed E-state index contributed by atoms with van der Waals surface area (Å²) in [6.07, 6.45) is 0.170. The number of hydrogen-bond acceptors (Lipinski definition) is 5. The van der Waals surface area contributed by atoms with Crippen LogP contribution in [0.3, 0.4) is 0 Å². The Bertz CT molecular complexity index is 888. The molecular formula is C19H18Cl2N2O4S. The molecule has 28 heavy (non-hydrogen) atoms. The van der Waals surface area contributed by atoms with Gasteiger partial charge in [0.05, 0.1) is 15.6 Å². The van der Waals surface area contributed by atoms with Gasteiger partial charge in [0.25, 0.3) is 11.8 Å². The Labute approximate surface area is 176 Å². The van der Waals surface area contributed by atoms with Crippen LogP contribution in [-0.2, 0) is 14.3 Å². The number of ether oxygens (including phenoxy) is 1. The standard InChI is InChI=1S/C19H18Cl2N2O4S/c1-11(17(24)22-14-7-6-12(20)10-13(14)21)27-19(26)15-4-2-8-23(15)18(25)16-5-3-9-28-16/h3,5-7,9-11,15H,2,4,8H2,1H3,(H,22,24). The molecule has 0 saturated carbocycles. The molecule has 2 unspecified atom stereocenters. The van der Waals surface area contributed by atoms with Gasteiger partial charge in [0.15, 0.2) is 6.10 Å². The van der Waals surface area contributed by atoms with Gasteiger partial charge in [0, 0.05) is 11.6 Å². The third kappa shape index (κ3) is 4.66. The summed E-state index contributed by atoms with van der Waals surface area (Å²) in [4.78, 5) is 39.6. The number of anilines is 1. The minimum atomic E-state index is -1.04. The van der Waals surface area contributed by atoms with E-state index in [2.05, 4.69) is 5.32 Å². The SMILES string of the molecule is CC(OC(=O)C1CCCN1C(=O)c1cccs1)C(=O)Nc1ccc(Cl)cc1Cl. The Balaban J connectivity index is 1.61. The van der Waals surface area contributed by atoms with E-state index in [1.807, 2.05) is 5.38 Å². The van der Waals surface area contributed by atoms with E-state index in [0.29, 0.717) is 35.0 Å². The highest BCUT2D eigenvalue weighted by Crippen LogP contribution is 2.26. The largest absolute Gasteiger partial charge is 0.451 e. The summed E-state index contributed by atoms with van der Waals surface area (Å²) in [5, 5.41) is 5.14. The summed E-state index contributed by atoms with van der Waals surface area (Å²) in [5.41, 5.74) is 0.370. The monoisotopic (exact) mass is 440 g/mol. The Morgan fingerprint density at radius 1 is 1.29 bits per heavy atom. The molecule has 2 amide bonds. The summed E-state index contributed by atoms with van der Waals surface area (Å²) in [6, 6.07) is 7.47. The first kappa shape index (κ1) is 20.6. The van der Waals surface area contributed by atoms with Crippen molar-refractivity contribution in [3.63, 3.8) is 0 Å². The first-order valence-corrected chi connectivity index (χ1v) is 10.3. The van der Waals surface area contributed by atoms with E-state index in [1.165, 1.54) is 29.2 Å². The van der Waals surface area contributed by atoms with E-state index in [-0.39, 0.29) is 10.9 Å². The number of hydrogen-bond donors (Lipinski definition) is 1. The molecule has 148 valence electrons. The lowest BCUT2D eigenvalue weighted by Gasteiger charge is -2.24. The van der Waals surface area contributed by atoms with Crippen molar-refractivity contribution in [1.82, 2.24) is 4.90 Å². The zero-order valence-corrected chi connectivity index (χ0v) is 17.3. The molecule has 2 aromatic rings. The average Bonchev–Trinajstić information content (AvgIpc) is 3.35. The van der Waals surface area contributed by atoms with Crippen molar-refractivity contribution in [3.8, 4) is 0 Å². The third-order valence-electron chi connectivity index (χ3n) is 4.37. The number of likely N-dealkylation sites (tertiary alicyclic amines) is 1. The fourth-order valence-corrected chi connectivity index (χ4v) is 4.06. The van der Waals surface area contributed by atoms with Crippen molar-refractivity contribution in [3.05, 3.63) is 50.6 Å². The van der Waals surface area contributed by atoms with E-state index in [4.69, 9.17) is 27.9 Å². The van der Waals surface area contributed by atoms with Crippen LogP contribution in [0.5, 0.6) is 0 Å². The fraction of sp³-hybridized carbons (Fsp3) is 0.316. The molecular weight excluding hydrogens is 423 g/mol. The molecule has 1 N–H and O–H groups in total. The number of carbonyl (C=O) groups excluding carboxylic acids is 3. The van der Waals surface area contributed by atoms with Crippen LogP contribution in [0, 0.1) is 0 Å². The first-order chi connectivity index (χ1) is 13.4. The van der Waals surface area contributed by atoms with E-state index in [9.17, 15) is 14.4 Å². The Morgan fingerprint density at radius 3 is 2.75 bits per heavy atom. The molecule has 1 saturated heterocycles. The van der Waals surface area contributed by atoms with Crippen molar-refractivity contribution >= 4 is 58.0 Å².